The molecule has 3 aromatic rings. The van der Waals surface area contributed by atoms with Crippen molar-refractivity contribution >= 4 is 23.1 Å². The number of rotatable bonds is 6. The summed E-state index contributed by atoms with van der Waals surface area (Å²) in [4.78, 5) is 38.0. The number of likely N-dealkylation sites (tertiary alicyclic amines) is 1. The molecule has 1 unspecified atom stereocenters. The number of amides is 1. The molecule has 4 rings (SSSR count). The van der Waals surface area contributed by atoms with E-state index in [0.717, 1.165) is 5.56 Å². The molecule has 0 aliphatic carbocycles. The van der Waals surface area contributed by atoms with Crippen LogP contribution < -0.4 is 4.74 Å². The average molecular weight is 444 g/mol. The van der Waals surface area contributed by atoms with Crippen LogP contribution in [0.15, 0.2) is 84.4 Å². The van der Waals surface area contributed by atoms with Crippen LogP contribution in [0.3, 0.4) is 0 Å². The van der Waals surface area contributed by atoms with Crippen LogP contribution >= 0.6 is 0 Å². The summed E-state index contributed by atoms with van der Waals surface area (Å²) in [5.41, 5.74) is 1.44. The number of aliphatic hydroxyl groups is 1. The zero-order valence-corrected chi connectivity index (χ0v) is 17.7. The number of hydrogen-bond donors (Lipinski definition) is 1. The Kier molecular flexibility index (Phi) is 5.91. The van der Waals surface area contributed by atoms with E-state index in [4.69, 9.17) is 4.74 Å². The molecule has 1 saturated heterocycles. The van der Waals surface area contributed by atoms with Crippen molar-refractivity contribution < 1.29 is 24.4 Å². The molecule has 1 aliphatic heterocycles. The van der Waals surface area contributed by atoms with Gasteiger partial charge < -0.3 is 14.7 Å². The van der Waals surface area contributed by atoms with E-state index in [1.54, 1.807) is 24.3 Å². The second kappa shape index (κ2) is 8.96. The van der Waals surface area contributed by atoms with Crippen molar-refractivity contribution in [2.45, 2.75) is 12.6 Å². The summed E-state index contributed by atoms with van der Waals surface area (Å²) in [5, 5.41) is 22.1. The van der Waals surface area contributed by atoms with Crippen LogP contribution in [0.25, 0.3) is 5.76 Å². The number of nitro groups is 1. The fourth-order valence-corrected chi connectivity index (χ4v) is 3.85. The lowest BCUT2D eigenvalue weighted by Gasteiger charge is -2.25. The van der Waals surface area contributed by atoms with Gasteiger partial charge in [-0.25, -0.2) is 0 Å². The minimum atomic E-state index is -0.909. The molecule has 8 nitrogen and oxygen atoms in total. The number of carbonyl (C=O) groups excluding carboxylic acids is 2. The monoisotopic (exact) mass is 444 g/mol. The van der Waals surface area contributed by atoms with Crippen LogP contribution in [0, 0.1) is 10.1 Å². The molecule has 0 aromatic heterocycles. The minimum Gasteiger partial charge on any atom is -0.507 e. The lowest BCUT2D eigenvalue weighted by atomic mass is 9.95. The normalized spacial score (nSPS) is 17.2. The quantitative estimate of drug-likeness (QED) is 0.200. The first-order chi connectivity index (χ1) is 15.9. The fraction of sp³-hybridized carbons (Fsp3) is 0.120. The maximum atomic E-state index is 13.1. The summed E-state index contributed by atoms with van der Waals surface area (Å²) < 4.78 is 5.13. The van der Waals surface area contributed by atoms with E-state index in [-0.39, 0.29) is 23.6 Å². The SMILES string of the molecule is COc1ccc(/C(O)=C2\C(=O)C(=O)N(Cc3ccccc3)C2c2ccc([N+](=O)[O-])cc2)cc1. The highest BCUT2D eigenvalue weighted by atomic mass is 16.6. The number of carbonyl (C=O) groups is 2. The highest BCUT2D eigenvalue weighted by Crippen LogP contribution is 2.40. The maximum absolute atomic E-state index is 13.1. The molecule has 1 amide bonds. The molecule has 0 radical (unpaired) electrons. The van der Waals surface area contributed by atoms with Gasteiger partial charge in [-0.15, -0.1) is 0 Å². The van der Waals surface area contributed by atoms with Crippen LogP contribution in [0.5, 0.6) is 5.75 Å². The van der Waals surface area contributed by atoms with E-state index < -0.39 is 22.7 Å². The van der Waals surface area contributed by atoms with Crippen molar-refractivity contribution in [3.8, 4) is 5.75 Å². The highest BCUT2D eigenvalue weighted by molar-refractivity contribution is 6.46. The number of hydrogen-bond acceptors (Lipinski definition) is 6. The first kappa shape index (κ1) is 21.8. The molecule has 3 aromatic carbocycles. The Hall–Kier alpha value is -4.46. The van der Waals surface area contributed by atoms with Crippen molar-refractivity contribution in [2.24, 2.45) is 0 Å². The van der Waals surface area contributed by atoms with Crippen LogP contribution in [-0.4, -0.2) is 33.7 Å². The number of non-ortho nitro benzene ring substituents is 1. The zero-order chi connectivity index (χ0) is 23.5. The predicted molar refractivity (Wildman–Crippen MR) is 120 cm³/mol. The molecule has 1 atom stereocenters. The van der Waals surface area contributed by atoms with E-state index in [9.17, 15) is 24.8 Å². The first-order valence-electron chi connectivity index (χ1n) is 10.1. The maximum Gasteiger partial charge on any atom is 0.295 e. The van der Waals surface area contributed by atoms with Gasteiger partial charge >= 0.3 is 0 Å². The van der Waals surface area contributed by atoms with Gasteiger partial charge in [-0.05, 0) is 47.5 Å². The van der Waals surface area contributed by atoms with E-state index in [0.29, 0.717) is 16.9 Å². The van der Waals surface area contributed by atoms with Crippen molar-refractivity contribution in [1.82, 2.24) is 4.90 Å². The molecule has 1 aliphatic rings. The second-order valence-corrected chi connectivity index (χ2v) is 7.49. The molecule has 0 spiro atoms. The summed E-state index contributed by atoms with van der Waals surface area (Å²) in [6.45, 7) is 0.131. The second-order valence-electron chi connectivity index (χ2n) is 7.49. The van der Waals surface area contributed by atoms with Gasteiger partial charge in [0.2, 0.25) is 0 Å². The number of nitro benzene ring substituents is 1. The van der Waals surface area contributed by atoms with Crippen molar-refractivity contribution in [3.05, 3.63) is 111 Å². The van der Waals surface area contributed by atoms with E-state index in [2.05, 4.69) is 0 Å². The van der Waals surface area contributed by atoms with Gasteiger partial charge in [0.05, 0.1) is 23.6 Å². The Balaban J connectivity index is 1.84. The van der Waals surface area contributed by atoms with E-state index in [1.807, 2.05) is 30.3 Å². The molecule has 33 heavy (non-hydrogen) atoms. The number of benzene rings is 3. The third-order valence-corrected chi connectivity index (χ3v) is 5.52. The van der Waals surface area contributed by atoms with E-state index >= 15 is 0 Å². The number of ether oxygens (including phenoxy) is 1. The van der Waals surface area contributed by atoms with Gasteiger partial charge in [-0.1, -0.05) is 30.3 Å². The fourth-order valence-electron chi connectivity index (χ4n) is 3.85. The molecule has 0 saturated carbocycles. The standard InChI is InChI=1S/C25H20N2O6/c1-33-20-13-9-18(10-14-20)23(28)21-22(17-7-11-19(12-8-17)27(31)32)26(25(30)24(21)29)15-16-5-3-2-4-6-16/h2-14,22,28H,15H2,1H3/b23-21+. The van der Waals surface area contributed by atoms with Crippen molar-refractivity contribution in [3.63, 3.8) is 0 Å². The van der Waals surface area contributed by atoms with Crippen LogP contribution in [0.2, 0.25) is 0 Å². The number of aliphatic hydroxyl groups excluding tert-OH is 1. The Morgan fingerprint density at radius 2 is 1.64 bits per heavy atom. The first-order valence-corrected chi connectivity index (χ1v) is 10.1. The topological polar surface area (TPSA) is 110 Å². The van der Waals surface area contributed by atoms with Gasteiger partial charge in [-0.3, -0.25) is 19.7 Å². The van der Waals surface area contributed by atoms with Gasteiger partial charge in [0.25, 0.3) is 17.4 Å². The van der Waals surface area contributed by atoms with Crippen LogP contribution in [0.1, 0.15) is 22.7 Å². The molecular formula is C25H20N2O6. The van der Waals surface area contributed by atoms with Gasteiger partial charge in [-0.2, -0.15) is 0 Å². The highest BCUT2D eigenvalue weighted by Gasteiger charge is 2.46. The predicted octanol–water partition coefficient (Wildman–Crippen LogP) is 4.23. The summed E-state index contributed by atoms with van der Waals surface area (Å²) in [5.74, 6) is -1.32. The summed E-state index contributed by atoms with van der Waals surface area (Å²) in [6, 6.07) is 20.3. The number of ketones is 1. The Morgan fingerprint density at radius 3 is 2.21 bits per heavy atom. The lowest BCUT2D eigenvalue weighted by molar-refractivity contribution is -0.384. The Morgan fingerprint density at radius 1 is 1.00 bits per heavy atom. The number of methoxy groups -OCH3 is 1. The van der Waals surface area contributed by atoms with Crippen molar-refractivity contribution in [2.75, 3.05) is 7.11 Å². The molecule has 8 heteroatoms. The summed E-state index contributed by atoms with van der Waals surface area (Å²) in [7, 11) is 1.51. The molecule has 1 fully saturated rings. The van der Waals surface area contributed by atoms with Gasteiger partial charge in [0.1, 0.15) is 11.5 Å². The third kappa shape index (κ3) is 4.18. The number of nitrogens with zero attached hydrogens (tertiary/aromatic N) is 2. The largest absolute Gasteiger partial charge is 0.507 e. The smallest absolute Gasteiger partial charge is 0.295 e. The average Bonchev–Trinajstić information content (AvgIpc) is 3.09. The minimum absolute atomic E-state index is 0.0741. The zero-order valence-electron chi connectivity index (χ0n) is 17.7. The van der Waals surface area contributed by atoms with Gasteiger partial charge in [0, 0.05) is 24.2 Å². The number of Topliss-reactive ketones (excluding diaryl/α,β-unsaturated/α-hetero) is 1. The summed E-state index contributed by atoms with van der Waals surface area (Å²) >= 11 is 0. The molecule has 1 heterocycles. The van der Waals surface area contributed by atoms with Crippen LogP contribution in [0.4, 0.5) is 5.69 Å². The lowest BCUT2D eigenvalue weighted by Crippen LogP contribution is -2.29. The van der Waals surface area contributed by atoms with Gasteiger partial charge in [0.15, 0.2) is 0 Å². The van der Waals surface area contributed by atoms with E-state index in [1.165, 1.54) is 36.3 Å². The molecule has 0 bridgehead atoms. The molecule has 1 N–H and O–H groups in total. The molecular weight excluding hydrogens is 424 g/mol. The van der Waals surface area contributed by atoms with Crippen molar-refractivity contribution in [1.29, 1.82) is 0 Å². The summed E-state index contributed by atoms with van der Waals surface area (Å²) in [6.07, 6.45) is 0. The van der Waals surface area contributed by atoms with Crippen LogP contribution in [-0.2, 0) is 16.1 Å². The third-order valence-electron chi connectivity index (χ3n) is 5.52. The Labute approximate surface area is 189 Å². The molecule has 166 valence electrons. The Bertz CT molecular complexity index is 1230.